The number of piperidine rings is 1. The highest BCUT2D eigenvalue weighted by atomic mass is 79.9. The Labute approximate surface area is 131 Å². The Balaban J connectivity index is 2.03. The molecule has 1 heterocycles. The SMILES string of the molecule is CC(Nc1c(Br)cccc1Br)C(=O)N1CCCCC1. The van der Waals surface area contributed by atoms with Gasteiger partial charge in [0.2, 0.25) is 5.91 Å². The first kappa shape index (κ1) is 14.9. The standard InChI is InChI=1S/C14H18Br2N2O/c1-10(14(19)18-8-3-2-4-9-18)17-13-11(15)6-5-7-12(13)16/h5-7,10,17H,2-4,8-9H2,1H3. The first-order valence-corrected chi connectivity index (χ1v) is 8.17. The molecule has 1 fully saturated rings. The molecule has 1 aliphatic heterocycles. The van der Waals surface area contributed by atoms with Crippen LogP contribution in [0.1, 0.15) is 26.2 Å². The van der Waals surface area contributed by atoms with Crippen molar-refractivity contribution in [1.82, 2.24) is 4.90 Å². The number of hydrogen-bond donors (Lipinski definition) is 1. The van der Waals surface area contributed by atoms with Crippen molar-refractivity contribution >= 4 is 43.5 Å². The summed E-state index contributed by atoms with van der Waals surface area (Å²) in [6.07, 6.45) is 3.48. The molecule has 1 aliphatic rings. The van der Waals surface area contributed by atoms with Crippen molar-refractivity contribution in [2.75, 3.05) is 18.4 Å². The van der Waals surface area contributed by atoms with Gasteiger partial charge in [-0.25, -0.2) is 0 Å². The van der Waals surface area contributed by atoms with Gasteiger partial charge >= 0.3 is 0 Å². The zero-order chi connectivity index (χ0) is 13.8. The quantitative estimate of drug-likeness (QED) is 0.846. The van der Waals surface area contributed by atoms with Gasteiger partial charge in [-0.15, -0.1) is 0 Å². The lowest BCUT2D eigenvalue weighted by Crippen LogP contribution is -2.44. The molecule has 19 heavy (non-hydrogen) atoms. The molecule has 0 spiro atoms. The van der Waals surface area contributed by atoms with Gasteiger partial charge in [0, 0.05) is 22.0 Å². The molecule has 1 aromatic carbocycles. The molecule has 5 heteroatoms. The highest BCUT2D eigenvalue weighted by Gasteiger charge is 2.22. The molecular weight excluding hydrogens is 372 g/mol. The van der Waals surface area contributed by atoms with Crippen molar-refractivity contribution in [2.24, 2.45) is 0 Å². The van der Waals surface area contributed by atoms with Crippen LogP contribution in [0.2, 0.25) is 0 Å². The second-order valence-electron chi connectivity index (χ2n) is 4.85. The van der Waals surface area contributed by atoms with Crippen molar-refractivity contribution in [2.45, 2.75) is 32.2 Å². The van der Waals surface area contributed by atoms with Crippen LogP contribution >= 0.6 is 31.9 Å². The van der Waals surface area contributed by atoms with Crippen molar-refractivity contribution in [3.05, 3.63) is 27.1 Å². The summed E-state index contributed by atoms with van der Waals surface area (Å²) in [5.41, 5.74) is 0.931. The molecular formula is C14H18Br2N2O. The maximum absolute atomic E-state index is 12.4. The van der Waals surface area contributed by atoms with E-state index in [0.29, 0.717) is 0 Å². The number of rotatable bonds is 3. The number of halogens is 2. The average Bonchev–Trinajstić information content (AvgIpc) is 2.43. The normalized spacial score (nSPS) is 17.1. The largest absolute Gasteiger partial charge is 0.372 e. The van der Waals surface area contributed by atoms with Gasteiger partial charge in [-0.3, -0.25) is 4.79 Å². The van der Waals surface area contributed by atoms with Crippen LogP contribution in [0, 0.1) is 0 Å². The molecule has 1 unspecified atom stereocenters. The van der Waals surface area contributed by atoms with E-state index >= 15 is 0 Å². The first-order chi connectivity index (χ1) is 9.09. The van der Waals surface area contributed by atoms with Crippen LogP contribution in [0.5, 0.6) is 0 Å². The number of likely N-dealkylation sites (tertiary alicyclic amines) is 1. The lowest BCUT2D eigenvalue weighted by Gasteiger charge is -2.30. The van der Waals surface area contributed by atoms with E-state index < -0.39 is 0 Å². The fourth-order valence-electron chi connectivity index (χ4n) is 2.30. The predicted octanol–water partition coefficient (Wildman–Crippen LogP) is 4.02. The molecule has 1 N–H and O–H groups in total. The smallest absolute Gasteiger partial charge is 0.244 e. The van der Waals surface area contributed by atoms with Crippen LogP contribution in [-0.4, -0.2) is 29.9 Å². The van der Waals surface area contributed by atoms with Crippen LogP contribution in [0.15, 0.2) is 27.1 Å². The van der Waals surface area contributed by atoms with Gasteiger partial charge in [-0.05, 0) is 70.2 Å². The number of carbonyl (C=O) groups excluding carboxylic acids is 1. The van der Waals surface area contributed by atoms with E-state index in [0.717, 1.165) is 40.6 Å². The topological polar surface area (TPSA) is 32.3 Å². The van der Waals surface area contributed by atoms with E-state index in [1.165, 1.54) is 6.42 Å². The monoisotopic (exact) mass is 388 g/mol. The van der Waals surface area contributed by atoms with Crippen LogP contribution in [0.4, 0.5) is 5.69 Å². The summed E-state index contributed by atoms with van der Waals surface area (Å²) in [6, 6.07) is 5.67. The van der Waals surface area contributed by atoms with E-state index in [-0.39, 0.29) is 11.9 Å². The minimum Gasteiger partial charge on any atom is -0.372 e. The van der Waals surface area contributed by atoms with E-state index in [2.05, 4.69) is 37.2 Å². The highest BCUT2D eigenvalue weighted by Crippen LogP contribution is 2.31. The molecule has 3 nitrogen and oxygen atoms in total. The third kappa shape index (κ3) is 3.72. The minimum absolute atomic E-state index is 0.183. The van der Waals surface area contributed by atoms with E-state index in [9.17, 15) is 4.79 Å². The van der Waals surface area contributed by atoms with Crippen LogP contribution < -0.4 is 5.32 Å². The van der Waals surface area contributed by atoms with Crippen LogP contribution in [-0.2, 0) is 4.79 Å². The van der Waals surface area contributed by atoms with Gasteiger partial charge in [-0.2, -0.15) is 0 Å². The Morgan fingerprint density at radius 1 is 1.21 bits per heavy atom. The minimum atomic E-state index is -0.215. The summed E-state index contributed by atoms with van der Waals surface area (Å²) in [5.74, 6) is 0.183. The van der Waals surface area contributed by atoms with Gasteiger partial charge in [0.05, 0.1) is 5.69 Å². The van der Waals surface area contributed by atoms with Gasteiger partial charge in [-0.1, -0.05) is 6.07 Å². The Hall–Kier alpha value is -0.550. The molecule has 0 radical (unpaired) electrons. The second-order valence-corrected chi connectivity index (χ2v) is 6.56. The zero-order valence-electron chi connectivity index (χ0n) is 11.0. The highest BCUT2D eigenvalue weighted by molar-refractivity contribution is 9.11. The molecule has 104 valence electrons. The van der Waals surface area contributed by atoms with E-state index in [1.54, 1.807) is 0 Å². The second kappa shape index (κ2) is 6.75. The number of nitrogens with one attached hydrogen (secondary N) is 1. The van der Waals surface area contributed by atoms with E-state index in [1.807, 2.05) is 30.0 Å². The Bertz CT molecular complexity index is 439. The van der Waals surface area contributed by atoms with Crippen molar-refractivity contribution in [1.29, 1.82) is 0 Å². The van der Waals surface area contributed by atoms with Crippen LogP contribution in [0.25, 0.3) is 0 Å². The Morgan fingerprint density at radius 3 is 2.37 bits per heavy atom. The summed E-state index contributed by atoms with van der Waals surface area (Å²) in [6.45, 7) is 3.70. The van der Waals surface area contributed by atoms with Crippen molar-refractivity contribution < 1.29 is 4.79 Å². The number of carbonyl (C=O) groups is 1. The molecule has 1 saturated heterocycles. The lowest BCUT2D eigenvalue weighted by molar-refractivity contribution is -0.132. The maximum atomic E-state index is 12.4. The Kier molecular flexibility index (Phi) is 5.28. The number of para-hydroxylation sites is 1. The number of anilines is 1. The molecule has 1 atom stereocenters. The predicted molar refractivity (Wildman–Crippen MR) is 85.4 cm³/mol. The third-order valence-corrected chi connectivity index (χ3v) is 4.68. The number of amides is 1. The third-order valence-electron chi connectivity index (χ3n) is 3.36. The van der Waals surface area contributed by atoms with Crippen molar-refractivity contribution in [3.63, 3.8) is 0 Å². The zero-order valence-corrected chi connectivity index (χ0v) is 14.1. The molecule has 1 aromatic rings. The number of nitrogens with zero attached hydrogens (tertiary/aromatic N) is 1. The summed E-state index contributed by atoms with van der Waals surface area (Å²) < 4.78 is 1.92. The number of benzene rings is 1. The van der Waals surface area contributed by atoms with Gasteiger partial charge in [0.1, 0.15) is 6.04 Å². The first-order valence-electron chi connectivity index (χ1n) is 6.59. The lowest BCUT2D eigenvalue weighted by atomic mass is 10.1. The van der Waals surface area contributed by atoms with Gasteiger partial charge < -0.3 is 10.2 Å². The van der Waals surface area contributed by atoms with Gasteiger partial charge in [0.15, 0.2) is 0 Å². The molecule has 2 rings (SSSR count). The molecule has 0 aromatic heterocycles. The molecule has 0 saturated carbocycles. The molecule has 0 aliphatic carbocycles. The number of hydrogen-bond acceptors (Lipinski definition) is 2. The van der Waals surface area contributed by atoms with Gasteiger partial charge in [0.25, 0.3) is 0 Å². The fraction of sp³-hybridized carbons (Fsp3) is 0.500. The summed E-state index contributed by atoms with van der Waals surface area (Å²) in [5, 5.41) is 3.29. The maximum Gasteiger partial charge on any atom is 0.244 e. The summed E-state index contributed by atoms with van der Waals surface area (Å²) in [7, 11) is 0. The fourth-order valence-corrected chi connectivity index (χ4v) is 3.53. The summed E-state index contributed by atoms with van der Waals surface area (Å²) >= 11 is 7.01. The molecule has 1 amide bonds. The van der Waals surface area contributed by atoms with Crippen molar-refractivity contribution in [3.8, 4) is 0 Å². The van der Waals surface area contributed by atoms with E-state index in [4.69, 9.17) is 0 Å². The van der Waals surface area contributed by atoms with Crippen LogP contribution in [0.3, 0.4) is 0 Å². The molecule has 0 bridgehead atoms. The Morgan fingerprint density at radius 2 is 1.79 bits per heavy atom. The average molecular weight is 390 g/mol. The summed E-state index contributed by atoms with van der Waals surface area (Å²) in [4.78, 5) is 14.3.